The first-order valence-corrected chi connectivity index (χ1v) is 10.9. The Morgan fingerprint density at radius 2 is 2.12 bits per heavy atom. The van der Waals surface area contributed by atoms with E-state index in [4.69, 9.17) is 0 Å². The molecule has 0 saturated carbocycles. The zero-order chi connectivity index (χ0) is 18.4. The van der Waals surface area contributed by atoms with E-state index >= 15 is 0 Å². The number of nitrogens with zero attached hydrogens (tertiary/aromatic N) is 2. The van der Waals surface area contributed by atoms with Gasteiger partial charge in [0.25, 0.3) is 0 Å². The molecule has 0 aromatic heterocycles. The number of nitrogens with one attached hydrogen (secondary N) is 2. The minimum atomic E-state index is 0.367. The van der Waals surface area contributed by atoms with Gasteiger partial charge >= 0.3 is 0 Å². The molecule has 0 aliphatic carbocycles. The SMILES string of the molecule is CN=C(NCC1CC(C)N(Cc2ccccc2)C1)NCC1(C)CCCS1. The predicted molar refractivity (Wildman–Crippen MR) is 114 cm³/mol. The average Bonchev–Trinajstić information content (AvgIpc) is 3.22. The van der Waals surface area contributed by atoms with Crippen molar-refractivity contribution in [2.24, 2.45) is 10.9 Å². The van der Waals surface area contributed by atoms with Gasteiger partial charge in [0.1, 0.15) is 0 Å². The first kappa shape index (κ1) is 19.6. The zero-order valence-corrected chi connectivity index (χ0v) is 17.3. The third kappa shape index (κ3) is 5.40. The lowest BCUT2D eigenvalue weighted by Crippen LogP contribution is -2.45. The van der Waals surface area contributed by atoms with Crippen LogP contribution in [0.3, 0.4) is 0 Å². The van der Waals surface area contributed by atoms with Gasteiger partial charge in [-0.05, 0) is 50.3 Å². The largest absolute Gasteiger partial charge is 0.356 e. The predicted octanol–water partition coefficient (Wildman–Crippen LogP) is 3.35. The molecular formula is C21H34N4S. The topological polar surface area (TPSA) is 39.7 Å². The van der Waals surface area contributed by atoms with E-state index < -0.39 is 0 Å². The third-order valence-electron chi connectivity index (χ3n) is 5.73. The van der Waals surface area contributed by atoms with Gasteiger partial charge in [0.05, 0.1) is 0 Å². The Labute approximate surface area is 163 Å². The fourth-order valence-electron chi connectivity index (χ4n) is 4.11. The second-order valence-corrected chi connectivity index (χ2v) is 9.76. The molecule has 0 radical (unpaired) electrons. The quantitative estimate of drug-likeness (QED) is 0.592. The van der Waals surface area contributed by atoms with Crippen LogP contribution in [0.2, 0.25) is 0 Å². The lowest BCUT2D eigenvalue weighted by molar-refractivity contribution is 0.255. The Morgan fingerprint density at radius 3 is 2.81 bits per heavy atom. The normalized spacial score (nSPS) is 29.9. The van der Waals surface area contributed by atoms with E-state index in [1.807, 2.05) is 7.05 Å². The lowest BCUT2D eigenvalue weighted by Gasteiger charge is -2.25. The molecule has 1 aromatic rings. The summed E-state index contributed by atoms with van der Waals surface area (Å²) in [7, 11) is 1.87. The molecule has 144 valence electrons. The Kier molecular flexibility index (Phi) is 6.87. The van der Waals surface area contributed by atoms with Gasteiger partial charge in [-0.2, -0.15) is 11.8 Å². The number of hydrogen-bond acceptors (Lipinski definition) is 3. The Bertz CT molecular complexity index is 583. The van der Waals surface area contributed by atoms with E-state index in [-0.39, 0.29) is 0 Å². The fraction of sp³-hybridized carbons (Fsp3) is 0.667. The van der Waals surface area contributed by atoms with E-state index in [9.17, 15) is 0 Å². The van der Waals surface area contributed by atoms with E-state index in [1.54, 1.807) is 0 Å². The number of rotatable bonds is 6. The summed E-state index contributed by atoms with van der Waals surface area (Å²) in [6, 6.07) is 11.5. The third-order valence-corrected chi connectivity index (χ3v) is 7.27. The van der Waals surface area contributed by atoms with Crippen molar-refractivity contribution in [3.63, 3.8) is 0 Å². The molecule has 3 rings (SSSR count). The molecule has 2 heterocycles. The molecular weight excluding hydrogens is 340 g/mol. The molecule has 2 fully saturated rings. The Hall–Kier alpha value is -1.20. The van der Waals surface area contributed by atoms with Crippen LogP contribution in [0.25, 0.3) is 0 Å². The van der Waals surface area contributed by atoms with Crippen LogP contribution >= 0.6 is 11.8 Å². The minimum Gasteiger partial charge on any atom is -0.356 e. The second kappa shape index (κ2) is 9.14. The first-order chi connectivity index (χ1) is 12.6. The van der Waals surface area contributed by atoms with Gasteiger partial charge in [0.15, 0.2) is 5.96 Å². The molecule has 0 spiro atoms. The Morgan fingerprint density at radius 1 is 1.31 bits per heavy atom. The molecule has 26 heavy (non-hydrogen) atoms. The maximum Gasteiger partial charge on any atom is 0.191 e. The van der Waals surface area contributed by atoms with Crippen LogP contribution in [0.5, 0.6) is 0 Å². The summed E-state index contributed by atoms with van der Waals surface area (Å²) < 4.78 is 0.367. The first-order valence-electron chi connectivity index (χ1n) is 9.94. The zero-order valence-electron chi connectivity index (χ0n) is 16.5. The summed E-state index contributed by atoms with van der Waals surface area (Å²) in [6.07, 6.45) is 3.90. The molecule has 2 aliphatic rings. The summed E-state index contributed by atoms with van der Waals surface area (Å²) in [5, 5.41) is 7.10. The molecule has 2 N–H and O–H groups in total. The van der Waals surface area contributed by atoms with Crippen LogP contribution in [-0.4, -0.2) is 54.1 Å². The second-order valence-electron chi connectivity index (χ2n) is 8.07. The maximum absolute atomic E-state index is 4.42. The van der Waals surface area contributed by atoms with E-state index in [0.29, 0.717) is 16.7 Å². The molecule has 0 bridgehead atoms. The molecule has 2 saturated heterocycles. The van der Waals surface area contributed by atoms with Crippen LogP contribution in [0, 0.1) is 5.92 Å². The van der Waals surface area contributed by atoms with Crippen molar-refractivity contribution in [2.45, 2.75) is 50.4 Å². The van der Waals surface area contributed by atoms with E-state index in [2.05, 4.69) is 76.5 Å². The average molecular weight is 375 g/mol. The smallest absolute Gasteiger partial charge is 0.191 e. The highest BCUT2D eigenvalue weighted by Gasteiger charge is 2.30. The van der Waals surface area contributed by atoms with Crippen LogP contribution in [0.1, 0.15) is 38.7 Å². The van der Waals surface area contributed by atoms with Gasteiger partial charge < -0.3 is 10.6 Å². The highest BCUT2D eigenvalue weighted by atomic mass is 32.2. The lowest BCUT2D eigenvalue weighted by atomic mass is 10.1. The van der Waals surface area contributed by atoms with E-state index in [0.717, 1.165) is 32.1 Å². The molecule has 1 aromatic carbocycles. The number of hydrogen-bond donors (Lipinski definition) is 2. The fourth-order valence-corrected chi connectivity index (χ4v) is 5.36. The standard InChI is InChI=1S/C21H34N4S/c1-17-12-19(15-25(17)14-18-8-5-4-6-9-18)13-23-20(22-3)24-16-21(2)10-7-11-26-21/h4-6,8-9,17,19H,7,10-16H2,1-3H3,(H2,22,23,24). The van der Waals surface area contributed by atoms with Gasteiger partial charge in [0.2, 0.25) is 0 Å². The summed E-state index contributed by atoms with van der Waals surface area (Å²) in [5.74, 6) is 2.93. The Balaban J connectivity index is 1.42. The van der Waals surface area contributed by atoms with Gasteiger partial charge in [-0.25, -0.2) is 0 Å². The van der Waals surface area contributed by atoms with Crippen molar-refractivity contribution in [2.75, 3.05) is 32.4 Å². The highest BCUT2D eigenvalue weighted by Crippen LogP contribution is 2.36. The maximum atomic E-state index is 4.42. The van der Waals surface area contributed by atoms with Gasteiger partial charge in [0, 0.05) is 44.0 Å². The highest BCUT2D eigenvalue weighted by molar-refractivity contribution is 8.00. The number of likely N-dealkylation sites (tertiary alicyclic amines) is 1. The number of thioether (sulfide) groups is 1. The molecule has 0 amide bonds. The van der Waals surface area contributed by atoms with Crippen molar-refractivity contribution >= 4 is 17.7 Å². The van der Waals surface area contributed by atoms with Gasteiger partial charge in [-0.1, -0.05) is 30.3 Å². The molecule has 3 unspecified atom stereocenters. The minimum absolute atomic E-state index is 0.367. The number of aliphatic imine (C=N–C) groups is 1. The van der Waals surface area contributed by atoms with Crippen molar-refractivity contribution in [3.05, 3.63) is 35.9 Å². The van der Waals surface area contributed by atoms with Crippen LogP contribution in [0.15, 0.2) is 35.3 Å². The summed E-state index contributed by atoms with van der Waals surface area (Å²) >= 11 is 2.09. The van der Waals surface area contributed by atoms with Crippen molar-refractivity contribution in [1.29, 1.82) is 0 Å². The van der Waals surface area contributed by atoms with Crippen LogP contribution in [-0.2, 0) is 6.54 Å². The van der Waals surface area contributed by atoms with Gasteiger partial charge in [-0.3, -0.25) is 9.89 Å². The van der Waals surface area contributed by atoms with Crippen molar-refractivity contribution in [3.8, 4) is 0 Å². The summed E-state index contributed by atoms with van der Waals surface area (Å²) in [4.78, 5) is 7.02. The summed E-state index contributed by atoms with van der Waals surface area (Å²) in [5.41, 5.74) is 1.41. The number of benzene rings is 1. The number of guanidine groups is 1. The summed E-state index contributed by atoms with van der Waals surface area (Å²) in [6.45, 7) is 8.94. The van der Waals surface area contributed by atoms with Crippen molar-refractivity contribution < 1.29 is 0 Å². The molecule has 2 aliphatic heterocycles. The monoisotopic (exact) mass is 374 g/mol. The van der Waals surface area contributed by atoms with Crippen LogP contribution in [0.4, 0.5) is 0 Å². The molecule has 5 heteroatoms. The molecule has 4 nitrogen and oxygen atoms in total. The van der Waals surface area contributed by atoms with Crippen LogP contribution < -0.4 is 10.6 Å². The van der Waals surface area contributed by atoms with E-state index in [1.165, 1.54) is 30.6 Å². The van der Waals surface area contributed by atoms with Gasteiger partial charge in [-0.15, -0.1) is 0 Å². The molecule has 3 atom stereocenters. The van der Waals surface area contributed by atoms with Crippen molar-refractivity contribution in [1.82, 2.24) is 15.5 Å².